The molecule has 0 saturated carbocycles. The van der Waals surface area contributed by atoms with Crippen LogP contribution in [0.3, 0.4) is 0 Å². The second kappa shape index (κ2) is 14.2. The van der Waals surface area contributed by atoms with E-state index in [1.165, 1.54) is 3.58 Å². The van der Waals surface area contributed by atoms with Gasteiger partial charge < -0.3 is 4.74 Å². The van der Waals surface area contributed by atoms with Gasteiger partial charge in [0.2, 0.25) is 5.90 Å². The number of nitrogens with zero attached hydrogens (tertiary/aromatic N) is 2. The summed E-state index contributed by atoms with van der Waals surface area (Å²) in [6.07, 6.45) is -0.692. The molecule has 4 atom stereocenters. The molecule has 2 aliphatic rings. The molecule has 0 bridgehead atoms. The zero-order valence-electron chi connectivity index (χ0n) is 24.5. The minimum atomic E-state index is -2.06. The Morgan fingerprint density at radius 1 is 0.605 bits per heavy atom. The summed E-state index contributed by atoms with van der Waals surface area (Å²) in [5.41, 5.74) is 3.72. The summed E-state index contributed by atoms with van der Waals surface area (Å²) in [4.78, 5) is 16.0. The van der Waals surface area contributed by atoms with Gasteiger partial charge in [0.25, 0.3) is 0 Å². The van der Waals surface area contributed by atoms with Crippen molar-refractivity contribution in [2.75, 3.05) is 13.3 Å². The van der Waals surface area contributed by atoms with Crippen LogP contribution in [0.25, 0.3) is 0 Å². The molecule has 0 aliphatic carbocycles. The zero-order valence-corrected chi connectivity index (χ0v) is 28.9. The number of hydrogen-bond donors (Lipinski definition) is 0. The number of halogens is 3. The average Bonchev–Trinajstić information content (AvgIpc) is 3.67. The molecule has 4 aromatic rings. The predicted molar refractivity (Wildman–Crippen MR) is 177 cm³/mol. The van der Waals surface area contributed by atoms with Gasteiger partial charge >= 0.3 is 141 Å². The zero-order chi connectivity index (χ0) is 30.4. The first-order valence-corrected chi connectivity index (χ1v) is 25.1. The average molecular weight is 752 g/mol. The molecule has 222 valence electrons. The first-order chi connectivity index (χ1) is 20.8. The Morgan fingerprint density at radius 3 is 1.37 bits per heavy atom. The van der Waals surface area contributed by atoms with Gasteiger partial charge in [0.15, 0.2) is 6.10 Å². The summed E-state index contributed by atoms with van der Waals surface area (Å²) in [5, 5.41) is 0. The van der Waals surface area contributed by atoms with E-state index in [9.17, 15) is 8.78 Å². The van der Waals surface area contributed by atoms with Crippen molar-refractivity contribution in [2.24, 2.45) is 9.98 Å². The summed E-state index contributed by atoms with van der Waals surface area (Å²) < 4.78 is 40.9. The van der Waals surface area contributed by atoms with Crippen LogP contribution in [0.1, 0.15) is 34.5 Å². The molecule has 0 unspecified atom stereocenters. The van der Waals surface area contributed by atoms with Crippen molar-refractivity contribution in [1.82, 2.24) is 0 Å². The van der Waals surface area contributed by atoms with E-state index in [4.69, 9.17) is 9.47 Å². The Hall–Kier alpha value is -3.04. The summed E-state index contributed by atoms with van der Waals surface area (Å²) in [5.74, 6) is 1.05. The molecule has 4 nitrogen and oxygen atoms in total. The topological polar surface area (TPSA) is 43.2 Å². The third-order valence-corrected chi connectivity index (χ3v) is 13.8. The van der Waals surface area contributed by atoms with Gasteiger partial charge in [-0.25, -0.2) is 9.38 Å². The first kappa shape index (κ1) is 31.4. The van der Waals surface area contributed by atoms with E-state index in [0.717, 1.165) is 26.7 Å². The number of benzene rings is 4. The molecular weight excluding hydrogens is 717 g/mol. The Balaban J connectivity index is 0.000000173. The number of alkyl halides is 2. The van der Waals surface area contributed by atoms with Crippen LogP contribution in [0.15, 0.2) is 124 Å². The quantitative estimate of drug-likeness (QED) is 0.178. The summed E-state index contributed by atoms with van der Waals surface area (Å²) in [6, 6.07) is 34.6. The summed E-state index contributed by atoms with van der Waals surface area (Å²) in [7, 11) is 0. The van der Waals surface area contributed by atoms with Gasteiger partial charge in [0.05, 0.1) is 0 Å². The minimum absolute atomic E-state index is 0.334. The third-order valence-electron chi connectivity index (χ3n) is 7.40. The van der Waals surface area contributed by atoms with Crippen molar-refractivity contribution < 1.29 is 18.3 Å². The summed E-state index contributed by atoms with van der Waals surface area (Å²) >= 11 is 1.33. The van der Waals surface area contributed by atoms with E-state index in [1.807, 2.05) is 84.9 Å². The van der Waals surface area contributed by atoms with Crippen LogP contribution in [-0.2, 0) is 9.47 Å². The fourth-order valence-corrected chi connectivity index (χ4v) is 8.57. The molecule has 2 aliphatic heterocycles. The Morgan fingerprint density at radius 2 is 1.00 bits per heavy atom. The van der Waals surface area contributed by atoms with E-state index >= 15 is 0 Å². The molecule has 0 spiro atoms. The van der Waals surface area contributed by atoms with Gasteiger partial charge in [0.1, 0.15) is 12.7 Å². The van der Waals surface area contributed by atoms with Crippen molar-refractivity contribution >= 4 is 49.7 Å². The molecule has 43 heavy (non-hydrogen) atoms. The molecule has 0 fully saturated rings. The molecule has 8 heteroatoms. The van der Waals surface area contributed by atoms with Crippen molar-refractivity contribution in [3.05, 3.63) is 136 Å². The number of rotatable bonds is 7. The molecule has 0 saturated heterocycles. The van der Waals surface area contributed by atoms with Crippen LogP contribution in [-0.4, -0.2) is 55.6 Å². The van der Waals surface area contributed by atoms with E-state index in [1.54, 1.807) is 0 Å². The maximum absolute atomic E-state index is 13.4. The van der Waals surface area contributed by atoms with Crippen LogP contribution < -0.4 is 3.58 Å². The van der Waals surface area contributed by atoms with E-state index in [-0.39, 0.29) is 12.2 Å². The second-order valence-electron chi connectivity index (χ2n) is 11.5. The van der Waals surface area contributed by atoms with Crippen molar-refractivity contribution in [1.29, 1.82) is 0 Å². The third kappa shape index (κ3) is 7.73. The van der Waals surface area contributed by atoms with Crippen LogP contribution in [0.5, 0.6) is 0 Å². The van der Waals surface area contributed by atoms with Gasteiger partial charge in [-0.1, -0.05) is 46.3 Å². The number of ether oxygens (including phenoxy) is 2. The number of hydrogen-bond acceptors (Lipinski definition) is 4. The predicted octanol–water partition coefficient (Wildman–Crippen LogP) is 8.39. The van der Waals surface area contributed by atoms with Gasteiger partial charge in [-0.15, -0.1) is 0 Å². The van der Waals surface area contributed by atoms with Crippen molar-refractivity contribution in [3.8, 4) is 0 Å². The molecule has 2 heterocycles. The van der Waals surface area contributed by atoms with Crippen molar-refractivity contribution in [3.63, 3.8) is 0 Å². The second-order valence-corrected chi connectivity index (χ2v) is 27.0. The first-order valence-electron chi connectivity index (χ1n) is 14.3. The van der Waals surface area contributed by atoms with E-state index in [2.05, 4.69) is 65.0 Å². The van der Waals surface area contributed by atoms with Crippen LogP contribution in [0, 0.1) is 0 Å². The number of aliphatic imine (C=N–C) groups is 2. The molecular formula is C35H35BrF2N2O2Sn. The summed E-state index contributed by atoms with van der Waals surface area (Å²) in [6.45, 7) is -1.04. The fraction of sp³-hybridized carbons (Fsp3) is 0.257. The van der Waals surface area contributed by atoms with E-state index < -0.39 is 43.8 Å². The van der Waals surface area contributed by atoms with Crippen LogP contribution in [0.2, 0.25) is 14.8 Å². The van der Waals surface area contributed by atoms with Gasteiger partial charge in [-0.3, -0.25) is 0 Å². The Bertz CT molecular complexity index is 1540. The maximum atomic E-state index is 13.4. The Labute approximate surface area is 264 Å². The Kier molecular flexibility index (Phi) is 10.3. The van der Waals surface area contributed by atoms with Crippen molar-refractivity contribution in [2.45, 2.75) is 39.1 Å². The SMILES string of the molecule is FC[C@H]1N=C(c2ccccc2)O[C@@H]1c1ccc(Br)cc1.[CH3][Sn]([CH3])([CH3])[c]1ccc([C@H]2OC(c3ccccc3)=N[C@@H]2CF)cc1. The van der Waals surface area contributed by atoms with Gasteiger partial charge in [0, 0.05) is 10.0 Å². The van der Waals surface area contributed by atoms with Crippen LogP contribution >= 0.6 is 15.9 Å². The van der Waals surface area contributed by atoms with Gasteiger partial charge in [-0.05, 0) is 29.8 Å². The molecule has 0 amide bonds. The normalized spacial score (nSPS) is 21.2. The molecule has 6 rings (SSSR count). The molecule has 4 aromatic carbocycles. The van der Waals surface area contributed by atoms with Gasteiger partial charge in [-0.2, -0.15) is 0 Å². The monoisotopic (exact) mass is 752 g/mol. The fourth-order valence-electron chi connectivity index (χ4n) is 4.98. The standard InChI is InChI=1S/C16H13BrFNO.C16H13FNO.3CH3.Sn/c17-13-8-6-11(7-9-13)15-14(10-18)19-16(20-15)12-4-2-1-3-5-12;17-11-14-15(12-7-3-1-4-8-12)19-16(18-14)13-9-5-2-6-10-13;;;;/h1-9,14-15H,10H2;2-10,14-15H,11H2;3*1H3;/t2*14-,15-;;;;/m11..../s1. The molecule has 0 aromatic heterocycles. The van der Waals surface area contributed by atoms with E-state index in [0.29, 0.717) is 11.8 Å². The molecule has 0 radical (unpaired) electrons. The van der Waals surface area contributed by atoms with Crippen LogP contribution in [0.4, 0.5) is 8.78 Å². The molecule has 0 N–H and O–H groups in total.